The summed E-state index contributed by atoms with van der Waals surface area (Å²) in [5.74, 6) is -0.393. The highest BCUT2D eigenvalue weighted by atomic mass is 35.5. The summed E-state index contributed by atoms with van der Waals surface area (Å²) in [6.07, 6.45) is 1.52. The molecule has 0 saturated carbocycles. The largest absolute Gasteiger partial charge is 0.340 e. The summed E-state index contributed by atoms with van der Waals surface area (Å²) in [4.78, 5) is 16.5. The zero-order valence-electron chi connectivity index (χ0n) is 13.4. The standard InChI is InChI=1S/C19H15ClFN3O/c1-12-10-14(20)6-7-16(12)23-18-11-13(8-9-22-18)19(25)24-17-5-3-2-4-15(17)21/h2-11H,1H3,(H,22,23)(H,24,25). The number of aromatic nitrogens is 1. The first-order valence-electron chi connectivity index (χ1n) is 7.58. The summed E-state index contributed by atoms with van der Waals surface area (Å²) in [5, 5.41) is 6.34. The van der Waals surface area contributed by atoms with E-state index in [1.807, 2.05) is 19.1 Å². The van der Waals surface area contributed by atoms with E-state index >= 15 is 0 Å². The van der Waals surface area contributed by atoms with Gasteiger partial charge >= 0.3 is 0 Å². The number of amides is 1. The molecule has 0 fully saturated rings. The van der Waals surface area contributed by atoms with Gasteiger partial charge < -0.3 is 10.6 Å². The van der Waals surface area contributed by atoms with E-state index in [1.54, 1.807) is 30.3 Å². The molecule has 4 nitrogen and oxygen atoms in total. The molecule has 2 N–H and O–H groups in total. The number of aryl methyl sites for hydroxylation is 1. The molecule has 0 bridgehead atoms. The number of anilines is 3. The first-order chi connectivity index (χ1) is 12.0. The van der Waals surface area contributed by atoms with Crippen LogP contribution in [0, 0.1) is 12.7 Å². The smallest absolute Gasteiger partial charge is 0.255 e. The van der Waals surface area contributed by atoms with Gasteiger partial charge in [0.15, 0.2) is 0 Å². The van der Waals surface area contributed by atoms with Crippen molar-refractivity contribution in [3.63, 3.8) is 0 Å². The highest BCUT2D eigenvalue weighted by Crippen LogP contribution is 2.23. The topological polar surface area (TPSA) is 54.0 Å². The van der Waals surface area contributed by atoms with Crippen molar-refractivity contribution >= 4 is 34.7 Å². The van der Waals surface area contributed by atoms with Crippen LogP contribution in [0.5, 0.6) is 0 Å². The van der Waals surface area contributed by atoms with Crippen LogP contribution < -0.4 is 10.6 Å². The van der Waals surface area contributed by atoms with Crippen molar-refractivity contribution < 1.29 is 9.18 Å². The number of halogens is 2. The van der Waals surface area contributed by atoms with Gasteiger partial charge in [-0.1, -0.05) is 23.7 Å². The summed E-state index contributed by atoms with van der Waals surface area (Å²) in [5.41, 5.74) is 2.29. The van der Waals surface area contributed by atoms with Gasteiger partial charge in [0.25, 0.3) is 5.91 Å². The number of pyridine rings is 1. The summed E-state index contributed by atoms with van der Waals surface area (Å²) in [6, 6.07) is 14.6. The van der Waals surface area contributed by atoms with E-state index < -0.39 is 11.7 Å². The van der Waals surface area contributed by atoms with Gasteiger partial charge in [0.1, 0.15) is 11.6 Å². The molecule has 1 amide bonds. The minimum Gasteiger partial charge on any atom is -0.340 e. The van der Waals surface area contributed by atoms with E-state index in [9.17, 15) is 9.18 Å². The Morgan fingerprint density at radius 2 is 1.88 bits per heavy atom. The Labute approximate surface area is 149 Å². The van der Waals surface area contributed by atoms with Gasteiger partial charge in [0.05, 0.1) is 5.69 Å². The van der Waals surface area contributed by atoms with Crippen molar-refractivity contribution in [2.45, 2.75) is 6.92 Å². The van der Waals surface area contributed by atoms with Crippen molar-refractivity contribution in [1.29, 1.82) is 0 Å². The predicted molar refractivity (Wildman–Crippen MR) is 98.1 cm³/mol. The van der Waals surface area contributed by atoms with E-state index in [4.69, 9.17) is 11.6 Å². The summed E-state index contributed by atoms with van der Waals surface area (Å²) < 4.78 is 13.7. The lowest BCUT2D eigenvalue weighted by Gasteiger charge is -2.11. The molecule has 126 valence electrons. The Bertz CT molecular complexity index is 930. The quantitative estimate of drug-likeness (QED) is 0.678. The van der Waals surface area contributed by atoms with Crippen LogP contribution in [0.25, 0.3) is 0 Å². The molecule has 3 rings (SSSR count). The fourth-order valence-electron chi connectivity index (χ4n) is 2.30. The molecule has 0 atom stereocenters. The average molecular weight is 356 g/mol. The van der Waals surface area contributed by atoms with Gasteiger partial charge in [-0.05, 0) is 55.0 Å². The highest BCUT2D eigenvalue weighted by molar-refractivity contribution is 6.30. The molecule has 0 spiro atoms. The van der Waals surface area contributed by atoms with Crippen LogP contribution in [-0.4, -0.2) is 10.9 Å². The van der Waals surface area contributed by atoms with Gasteiger partial charge in [0, 0.05) is 22.5 Å². The molecule has 1 aromatic heterocycles. The number of para-hydroxylation sites is 1. The lowest BCUT2D eigenvalue weighted by molar-refractivity contribution is 0.102. The molecular weight excluding hydrogens is 341 g/mol. The molecule has 1 heterocycles. The summed E-state index contributed by atoms with van der Waals surface area (Å²) >= 11 is 5.95. The Morgan fingerprint density at radius 1 is 1.08 bits per heavy atom. The molecule has 0 aliphatic carbocycles. The third-order valence-electron chi connectivity index (χ3n) is 3.60. The third kappa shape index (κ3) is 4.14. The van der Waals surface area contributed by atoms with Gasteiger partial charge in [-0.15, -0.1) is 0 Å². The molecule has 0 aliphatic rings. The molecule has 25 heavy (non-hydrogen) atoms. The maximum Gasteiger partial charge on any atom is 0.255 e. The van der Waals surface area contributed by atoms with Crippen LogP contribution in [0.3, 0.4) is 0 Å². The van der Waals surface area contributed by atoms with Crippen LogP contribution >= 0.6 is 11.6 Å². The molecule has 3 aromatic rings. The van der Waals surface area contributed by atoms with E-state index in [1.165, 1.54) is 18.3 Å². The van der Waals surface area contributed by atoms with E-state index in [-0.39, 0.29) is 5.69 Å². The Balaban J connectivity index is 1.79. The molecular formula is C19H15ClFN3O. The number of carbonyl (C=O) groups is 1. The summed E-state index contributed by atoms with van der Waals surface area (Å²) in [6.45, 7) is 1.92. The number of carbonyl (C=O) groups excluding carboxylic acids is 1. The maximum atomic E-state index is 13.7. The molecule has 2 aromatic carbocycles. The lowest BCUT2D eigenvalue weighted by Crippen LogP contribution is -2.13. The second-order valence-electron chi connectivity index (χ2n) is 5.45. The van der Waals surface area contributed by atoms with Crippen LogP contribution in [0.2, 0.25) is 5.02 Å². The fourth-order valence-corrected chi connectivity index (χ4v) is 2.53. The first-order valence-corrected chi connectivity index (χ1v) is 7.96. The number of nitrogens with one attached hydrogen (secondary N) is 2. The first kappa shape index (κ1) is 16.9. The van der Waals surface area contributed by atoms with Crippen molar-refractivity contribution in [1.82, 2.24) is 4.98 Å². The number of hydrogen-bond acceptors (Lipinski definition) is 3. The summed E-state index contributed by atoms with van der Waals surface area (Å²) in [7, 11) is 0. The maximum absolute atomic E-state index is 13.7. The SMILES string of the molecule is Cc1cc(Cl)ccc1Nc1cc(C(=O)Nc2ccccc2F)ccn1. The highest BCUT2D eigenvalue weighted by Gasteiger charge is 2.10. The number of nitrogens with zero attached hydrogens (tertiary/aromatic N) is 1. The molecule has 0 radical (unpaired) electrons. The monoisotopic (exact) mass is 355 g/mol. The molecule has 6 heteroatoms. The average Bonchev–Trinajstić information content (AvgIpc) is 2.60. The van der Waals surface area contributed by atoms with Crippen LogP contribution in [0.4, 0.5) is 21.6 Å². The Kier molecular flexibility index (Phi) is 4.95. The zero-order valence-corrected chi connectivity index (χ0v) is 14.1. The minimum atomic E-state index is -0.486. The minimum absolute atomic E-state index is 0.132. The predicted octanol–water partition coefficient (Wildman–Crippen LogP) is 5.18. The second kappa shape index (κ2) is 7.32. The van der Waals surface area contributed by atoms with E-state index in [2.05, 4.69) is 15.6 Å². The zero-order chi connectivity index (χ0) is 17.8. The van der Waals surface area contributed by atoms with E-state index in [0.717, 1.165) is 11.3 Å². The lowest BCUT2D eigenvalue weighted by atomic mass is 10.2. The fraction of sp³-hybridized carbons (Fsp3) is 0.0526. The van der Waals surface area contributed by atoms with Crippen LogP contribution in [0.15, 0.2) is 60.8 Å². The third-order valence-corrected chi connectivity index (χ3v) is 3.83. The van der Waals surface area contributed by atoms with Gasteiger partial charge in [0.2, 0.25) is 0 Å². The normalized spacial score (nSPS) is 10.4. The van der Waals surface area contributed by atoms with Gasteiger partial charge in [-0.3, -0.25) is 4.79 Å². The van der Waals surface area contributed by atoms with Crippen LogP contribution in [-0.2, 0) is 0 Å². The molecule has 0 aliphatic heterocycles. The van der Waals surface area contributed by atoms with Crippen molar-refractivity contribution in [3.8, 4) is 0 Å². The van der Waals surface area contributed by atoms with Gasteiger partial charge in [-0.2, -0.15) is 0 Å². The molecule has 0 saturated heterocycles. The Morgan fingerprint density at radius 3 is 2.64 bits per heavy atom. The number of benzene rings is 2. The van der Waals surface area contributed by atoms with Crippen molar-refractivity contribution in [2.24, 2.45) is 0 Å². The number of hydrogen-bond donors (Lipinski definition) is 2. The van der Waals surface area contributed by atoms with Crippen molar-refractivity contribution in [2.75, 3.05) is 10.6 Å². The Hall–Kier alpha value is -2.92. The second-order valence-corrected chi connectivity index (χ2v) is 5.88. The molecule has 0 unspecified atom stereocenters. The van der Waals surface area contributed by atoms with E-state index in [0.29, 0.717) is 16.4 Å². The van der Waals surface area contributed by atoms with Gasteiger partial charge in [-0.25, -0.2) is 9.37 Å². The van der Waals surface area contributed by atoms with Crippen LogP contribution in [0.1, 0.15) is 15.9 Å². The number of rotatable bonds is 4. The van der Waals surface area contributed by atoms with Crippen molar-refractivity contribution in [3.05, 3.63) is 82.8 Å².